The van der Waals surface area contributed by atoms with Crippen LogP contribution < -0.4 is 0 Å². The Morgan fingerprint density at radius 1 is 0.339 bits per heavy atom. The number of hydrogen-bond acceptors (Lipinski definition) is 5. The molecule has 5 nitrogen and oxygen atoms in total. The zero-order valence-corrected chi connectivity index (χ0v) is 42.4. The first-order chi connectivity index (χ1) is 30.6. The van der Waals surface area contributed by atoms with E-state index < -0.39 is 6.10 Å². The van der Waals surface area contributed by atoms with Crippen molar-refractivity contribution in [3.8, 4) is 0 Å². The van der Waals surface area contributed by atoms with Crippen molar-refractivity contribution in [2.45, 2.75) is 322 Å². The highest BCUT2D eigenvalue weighted by Crippen LogP contribution is 2.17. The van der Waals surface area contributed by atoms with E-state index in [2.05, 4.69) is 32.9 Å². The van der Waals surface area contributed by atoms with Gasteiger partial charge in [-0.1, -0.05) is 270 Å². The summed E-state index contributed by atoms with van der Waals surface area (Å²) in [4.78, 5) is 25.5. The molecule has 0 aliphatic rings. The fourth-order valence-corrected chi connectivity index (χ4v) is 8.57. The minimum atomic E-state index is -0.530. The van der Waals surface area contributed by atoms with Crippen LogP contribution in [0.2, 0.25) is 0 Å². The smallest absolute Gasteiger partial charge is 0.306 e. The summed E-state index contributed by atoms with van der Waals surface area (Å²) in [5.41, 5.74) is 0. The summed E-state index contributed by atoms with van der Waals surface area (Å²) in [5.74, 6) is -0.374. The number of carbonyl (C=O) groups is 2. The van der Waals surface area contributed by atoms with Crippen molar-refractivity contribution in [2.24, 2.45) is 0 Å². The molecule has 5 heteroatoms. The molecule has 0 aromatic heterocycles. The maximum absolute atomic E-state index is 12.8. The summed E-state index contributed by atoms with van der Waals surface area (Å²) in [5, 5.41) is 0. The van der Waals surface area contributed by atoms with Gasteiger partial charge in [-0.05, 0) is 44.9 Å². The van der Waals surface area contributed by atoms with Crippen molar-refractivity contribution in [1.29, 1.82) is 0 Å². The third-order valence-electron chi connectivity index (χ3n) is 12.8. The van der Waals surface area contributed by atoms with E-state index in [9.17, 15) is 9.59 Å². The van der Waals surface area contributed by atoms with Crippen LogP contribution in [-0.2, 0) is 23.8 Å². The number of esters is 2. The number of rotatable bonds is 53. The lowest BCUT2D eigenvalue weighted by atomic mass is 10.0. The summed E-state index contributed by atoms with van der Waals surface area (Å²) < 4.78 is 17.5. The first kappa shape index (κ1) is 60.6. The Balaban J connectivity index is 4.20. The Hall–Kier alpha value is -1.36. The maximum atomic E-state index is 12.8. The molecule has 1 atom stereocenters. The third kappa shape index (κ3) is 51.3. The summed E-state index contributed by atoms with van der Waals surface area (Å²) in [6, 6.07) is 0. The highest BCUT2D eigenvalue weighted by atomic mass is 16.6. The first-order valence-corrected chi connectivity index (χ1v) is 28.2. The van der Waals surface area contributed by atoms with Gasteiger partial charge in [-0.15, -0.1) is 0 Å². The van der Waals surface area contributed by atoms with Crippen molar-refractivity contribution >= 4 is 11.9 Å². The molecule has 0 aliphatic heterocycles. The second-order valence-electron chi connectivity index (χ2n) is 19.2. The quantitative estimate of drug-likeness (QED) is 0.0346. The van der Waals surface area contributed by atoms with E-state index in [4.69, 9.17) is 14.2 Å². The molecule has 0 aromatic carbocycles. The van der Waals surface area contributed by atoms with Crippen LogP contribution in [0.5, 0.6) is 0 Å². The normalized spacial score (nSPS) is 12.1. The van der Waals surface area contributed by atoms with E-state index in [1.165, 1.54) is 244 Å². The van der Waals surface area contributed by atoms with Gasteiger partial charge >= 0.3 is 11.9 Å². The predicted molar refractivity (Wildman–Crippen MR) is 270 cm³/mol. The van der Waals surface area contributed by atoms with Gasteiger partial charge in [-0.2, -0.15) is 0 Å². The average Bonchev–Trinajstić information content (AvgIpc) is 3.27. The Kier molecular flexibility index (Phi) is 52.8. The van der Waals surface area contributed by atoms with E-state index in [0.29, 0.717) is 26.1 Å². The van der Waals surface area contributed by atoms with Crippen molar-refractivity contribution < 1.29 is 23.8 Å². The monoisotopic (exact) mass is 875 g/mol. The molecule has 0 fully saturated rings. The molecule has 0 N–H and O–H groups in total. The van der Waals surface area contributed by atoms with Gasteiger partial charge in [0.1, 0.15) is 6.61 Å². The average molecular weight is 876 g/mol. The van der Waals surface area contributed by atoms with Gasteiger partial charge in [0.15, 0.2) is 6.10 Å². The van der Waals surface area contributed by atoms with Gasteiger partial charge in [0, 0.05) is 19.4 Å². The lowest BCUT2D eigenvalue weighted by molar-refractivity contribution is -0.163. The number of allylic oxidation sites excluding steroid dienone is 2. The largest absolute Gasteiger partial charge is 0.462 e. The van der Waals surface area contributed by atoms with Crippen LogP contribution >= 0.6 is 0 Å². The molecule has 1 unspecified atom stereocenters. The fourth-order valence-electron chi connectivity index (χ4n) is 8.57. The van der Waals surface area contributed by atoms with Gasteiger partial charge in [0.25, 0.3) is 0 Å². The summed E-state index contributed by atoms with van der Waals surface area (Å²) >= 11 is 0. The standard InChI is InChI=1S/C57H110O5/c1-4-7-10-13-16-19-22-25-28-29-31-32-35-38-41-44-47-50-56(58)61-54-55(53-60-52-49-46-43-40-37-34-27-24-21-18-15-12-9-6-3)62-57(59)51-48-45-42-39-36-33-30-26-23-20-17-14-11-8-5-2/h21,24,55H,4-20,22-23,25-54H2,1-3H3/b24-21-. The molecule has 0 aromatic rings. The Labute approximate surface area is 388 Å². The highest BCUT2D eigenvalue weighted by Gasteiger charge is 2.17. The van der Waals surface area contributed by atoms with Crippen LogP contribution in [0.4, 0.5) is 0 Å². The lowest BCUT2D eigenvalue weighted by Crippen LogP contribution is -2.30. The molecule has 0 aliphatic carbocycles. The van der Waals surface area contributed by atoms with Crippen LogP contribution in [0.3, 0.4) is 0 Å². The van der Waals surface area contributed by atoms with Crippen LogP contribution in [0.25, 0.3) is 0 Å². The summed E-state index contributed by atoms with van der Waals surface area (Å²) in [6.45, 7) is 7.88. The van der Waals surface area contributed by atoms with Crippen molar-refractivity contribution in [2.75, 3.05) is 19.8 Å². The molecular formula is C57H110O5. The molecule has 0 rings (SSSR count). The van der Waals surface area contributed by atoms with Crippen LogP contribution in [0.15, 0.2) is 12.2 Å². The van der Waals surface area contributed by atoms with Gasteiger partial charge in [-0.3, -0.25) is 9.59 Å². The zero-order chi connectivity index (χ0) is 44.9. The zero-order valence-electron chi connectivity index (χ0n) is 42.4. The molecular weight excluding hydrogens is 765 g/mol. The Bertz CT molecular complexity index is 902. The molecule has 0 heterocycles. The van der Waals surface area contributed by atoms with E-state index in [-0.39, 0.29) is 18.5 Å². The molecule has 0 saturated carbocycles. The maximum Gasteiger partial charge on any atom is 0.306 e. The molecule has 0 radical (unpaired) electrons. The molecule has 0 bridgehead atoms. The van der Waals surface area contributed by atoms with Crippen LogP contribution in [-0.4, -0.2) is 37.9 Å². The molecule has 0 spiro atoms. The lowest BCUT2D eigenvalue weighted by Gasteiger charge is -2.18. The topological polar surface area (TPSA) is 61.8 Å². The first-order valence-electron chi connectivity index (χ1n) is 28.2. The minimum absolute atomic E-state index is 0.0928. The molecule has 368 valence electrons. The number of carbonyl (C=O) groups excluding carboxylic acids is 2. The Morgan fingerprint density at radius 3 is 1.00 bits per heavy atom. The van der Waals surface area contributed by atoms with Crippen molar-refractivity contribution in [1.82, 2.24) is 0 Å². The second-order valence-corrected chi connectivity index (χ2v) is 19.2. The van der Waals surface area contributed by atoms with E-state index in [1.807, 2.05) is 0 Å². The number of unbranched alkanes of at least 4 members (excludes halogenated alkanes) is 40. The number of hydrogen-bond donors (Lipinski definition) is 0. The van der Waals surface area contributed by atoms with Crippen molar-refractivity contribution in [3.05, 3.63) is 12.2 Å². The van der Waals surface area contributed by atoms with Gasteiger partial charge in [0.2, 0.25) is 0 Å². The van der Waals surface area contributed by atoms with E-state index >= 15 is 0 Å². The predicted octanol–water partition coefficient (Wildman–Crippen LogP) is 19.0. The molecule has 0 saturated heterocycles. The van der Waals surface area contributed by atoms with Crippen LogP contribution in [0, 0.1) is 0 Å². The summed E-state index contributed by atoms with van der Waals surface area (Å²) in [6.07, 6.45) is 62.2. The summed E-state index contributed by atoms with van der Waals surface area (Å²) in [7, 11) is 0. The number of ether oxygens (including phenoxy) is 3. The van der Waals surface area contributed by atoms with Gasteiger partial charge in [0.05, 0.1) is 6.61 Å². The van der Waals surface area contributed by atoms with Gasteiger partial charge < -0.3 is 14.2 Å². The molecule has 0 amide bonds. The molecule has 62 heavy (non-hydrogen) atoms. The minimum Gasteiger partial charge on any atom is -0.462 e. The van der Waals surface area contributed by atoms with Crippen LogP contribution in [0.1, 0.15) is 316 Å². The fraction of sp³-hybridized carbons (Fsp3) is 0.930. The second kappa shape index (κ2) is 54.0. The van der Waals surface area contributed by atoms with E-state index in [0.717, 1.165) is 38.5 Å². The third-order valence-corrected chi connectivity index (χ3v) is 12.8. The SMILES string of the molecule is CCCCCC/C=C\CCCCCCCCOCC(COC(=O)CCCCCCCCCCCCCCCCCCC)OC(=O)CCCCCCCCCCCCCCCCC. The van der Waals surface area contributed by atoms with E-state index in [1.54, 1.807) is 0 Å². The van der Waals surface area contributed by atoms with Gasteiger partial charge in [-0.25, -0.2) is 0 Å². The Morgan fingerprint density at radius 2 is 0.629 bits per heavy atom. The highest BCUT2D eigenvalue weighted by molar-refractivity contribution is 5.70. The van der Waals surface area contributed by atoms with Crippen molar-refractivity contribution in [3.63, 3.8) is 0 Å².